The maximum Gasteiger partial charge on any atom is 0.496 e. The lowest BCUT2D eigenvalue weighted by atomic mass is 10.6. The molecule has 0 saturated carbocycles. The summed E-state index contributed by atoms with van der Waals surface area (Å²) in [6, 6.07) is 0. The van der Waals surface area contributed by atoms with Crippen molar-refractivity contribution in [3.8, 4) is 0 Å². The van der Waals surface area contributed by atoms with Crippen molar-refractivity contribution in [1.82, 2.24) is 0 Å². The second-order valence-corrected chi connectivity index (χ2v) is 4.94. The molecule has 0 aliphatic heterocycles. The minimum absolute atomic E-state index is 0.169. The topological polar surface area (TPSA) is 0 Å². The molecule has 0 radical (unpaired) electrons. The number of rotatable bonds is 1. The predicted octanol–water partition coefficient (Wildman–Crippen LogP) is 1.96. The van der Waals surface area contributed by atoms with Crippen molar-refractivity contribution in [2.45, 2.75) is 13.8 Å². The lowest BCUT2D eigenvalue weighted by Gasteiger charge is -1.81. The average Bonchev–Trinajstić information content (AvgIpc) is 1.65. The molecule has 0 aliphatic rings. The summed E-state index contributed by atoms with van der Waals surface area (Å²) >= 11 is 2.65. The van der Waals surface area contributed by atoms with Crippen LogP contribution in [0.15, 0.2) is 9.78 Å². The largest absolute Gasteiger partial charge is 0.496 e. The quantitative estimate of drug-likeness (QED) is 0.454. The van der Waals surface area contributed by atoms with Crippen LogP contribution >= 0.6 is 18.9 Å². The third kappa shape index (κ3) is 3.43. The Morgan fingerprint density at radius 3 is 2.33 bits per heavy atom. The highest BCUT2D eigenvalue weighted by Gasteiger charge is 1.84. The maximum absolute atomic E-state index is 2.48. The van der Waals surface area contributed by atoms with Gasteiger partial charge in [0.1, 0.15) is 0 Å². The van der Waals surface area contributed by atoms with Gasteiger partial charge in [0, 0.05) is 0 Å². The fourth-order valence-electron chi connectivity index (χ4n) is 0.0772. The first kappa shape index (κ1) is 7.24. The molecule has 0 N–H and O–H groups in total. The summed E-state index contributed by atoms with van der Waals surface area (Å²) in [5.74, 6) is 0. The summed E-state index contributed by atoms with van der Waals surface area (Å²) in [4.78, 5) is 0. The van der Waals surface area contributed by atoms with Crippen molar-refractivity contribution in [1.29, 1.82) is 0 Å². The van der Waals surface area contributed by atoms with Gasteiger partial charge in [0.2, 0.25) is 0 Å². The highest BCUT2D eigenvalue weighted by molar-refractivity contribution is 14.1. The van der Waals surface area contributed by atoms with E-state index >= 15 is 0 Å². The molecule has 0 bridgehead atoms. The molecule has 2 heteroatoms. The molecule has 0 amide bonds. The van der Waals surface area contributed by atoms with Crippen molar-refractivity contribution < 1.29 is 0 Å². The molecule has 0 atom stereocenters. The van der Waals surface area contributed by atoms with Gasteiger partial charge in [-0.3, -0.25) is 18.9 Å². The highest BCUT2D eigenvalue weighted by Crippen LogP contribution is 1.91. The third-order valence-corrected chi connectivity index (χ3v) is 5.14. The van der Waals surface area contributed by atoms with E-state index in [0.29, 0.717) is 0 Å². The van der Waals surface area contributed by atoms with Crippen LogP contribution in [0.3, 0.4) is 0 Å². The van der Waals surface area contributed by atoms with Gasteiger partial charge in [-0.15, -0.1) is 6.08 Å². The first-order chi connectivity index (χ1) is 2.81. The van der Waals surface area contributed by atoms with Crippen LogP contribution in [0.5, 0.6) is 0 Å². The van der Waals surface area contributed by atoms with E-state index in [9.17, 15) is 0 Å². The summed E-state index contributed by atoms with van der Waals surface area (Å²) in [5, 5.41) is 0. The molecule has 0 saturated heterocycles. The molecule has 0 rings (SSSR count). The molecule has 0 aromatic carbocycles. The van der Waals surface area contributed by atoms with Crippen LogP contribution in [0.25, 0.3) is 0 Å². The summed E-state index contributed by atoms with van der Waals surface area (Å²) in [6.07, 6.45) is 2.19. The van der Waals surface area contributed by atoms with Crippen LogP contribution in [0.1, 0.15) is 13.8 Å². The van der Waals surface area contributed by atoms with Crippen molar-refractivity contribution in [3.63, 3.8) is 0 Å². The predicted molar refractivity (Wildman–Crippen MR) is 39.2 cm³/mol. The Labute approximate surface area is 58.5 Å². The average molecular weight is 206 g/mol. The van der Waals surface area contributed by atoms with Crippen LogP contribution in [0, 0.1) is 0 Å². The Morgan fingerprint density at radius 2 is 2.33 bits per heavy atom. The normalized spacial score (nSPS) is 10.8. The number of hydrogen-bond acceptors (Lipinski definition) is 0. The molecule has 0 aromatic rings. The van der Waals surface area contributed by atoms with E-state index in [4.69, 9.17) is 0 Å². The standard InChI is InChI=1S/C4H7.HI.Mg/c1-3-4-2;;/h3H,1-2H3;1H;/q;;+1/p-1. The zero-order chi connectivity index (χ0) is 4.99. The van der Waals surface area contributed by atoms with Crippen LogP contribution < -0.4 is 0 Å². The van der Waals surface area contributed by atoms with E-state index in [1.807, 2.05) is 0 Å². The Morgan fingerprint density at radius 1 is 1.83 bits per heavy atom. The van der Waals surface area contributed by atoms with E-state index in [0.717, 1.165) is 0 Å². The minimum Gasteiger partial charge on any atom is -0.291 e. The molecule has 0 nitrogen and oxygen atoms in total. The van der Waals surface area contributed by atoms with E-state index in [1.54, 1.807) is 3.70 Å². The first-order valence-electron chi connectivity index (χ1n) is 1.99. The second-order valence-electron chi connectivity index (χ2n) is 1.27. The van der Waals surface area contributed by atoms with Crippen molar-refractivity contribution in [2.24, 2.45) is 0 Å². The number of halogens is 1. The SMILES string of the molecule is CC=[C](C)[Mg][I]. The Bertz CT molecular complexity index is 58.6. The fourth-order valence-corrected chi connectivity index (χ4v) is 1.55. The summed E-state index contributed by atoms with van der Waals surface area (Å²) in [6.45, 7) is 4.29. The highest BCUT2D eigenvalue weighted by atomic mass is 127. The van der Waals surface area contributed by atoms with Gasteiger partial charge in [0.15, 0.2) is 0 Å². The van der Waals surface area contributed by atoms with Gasteiger partial charge in [0.05, 0.1) is 0 Å². The Kier molecular flexibility index (Phi) is 5.30. The summed E-state index contributed by atoms with van der Waals surface area (Å²) in [5.41, 5.74) is 0. The van der Waals surface area contributed by atoms with Gasteiger partial charge < -0.3 is 0 Å². The molecule has 6 heavy (non-hydrogen) atoms. The monoisotopic (exact) mass is 206 g/mol. The molecule has 0 fully saturated rings. The van der Waals surface area contributed by atoms with Gasteiger partial charge in [0.25, 0.3) is 0 Å². The summed E-state index contributed by atoms with van der Waals surface area (Å²) < 4.78 is 1.59. The van der Waals surface area contributed by atoms with Gasteiger partial charge >= 0.3 is 16.5 Å². The Hall–Kier alpha value is 1.24. The molecule has 0 aliphatic carbocycles. The van der Waals surface area contributed by atoms with E-state index < -0.39 is 0 Å². The molecule has 0 aromatic heterocycles. The van der Waals surface area contributed by atoms with Crippen molar-refractivity contribution in [2.75, 3.05) is 0 Å². The summed E-state index contributed by atoms with van der Waals surface area (Å²) in [7, 11) is 0. The lowest BCUT2D eigenvalue weighted by Crippen LogP contribution is -1.75. The van der Waals surface area contributed by atoms with E-state index in [-0.39, 0.29) is 16.5 Å². The molecule has 0 heterocycles. The maximum atomic E-state index is 2.48. The van der Waals surface area contributed by atoms with Crippen LogP contribution in [-0.2, 0) is 0 Å². The van der Waals surface area contributed by atoms with E-state index in [2.05, 4.69) is 38.8 Å². The Balaban J connectivity index is 3.22. The fraction of sp³-hybridized carbons (Fsp3) is 0.500. The van der Waals surface area contributed by atoms with E-state index in [1.165, 1.54) is 0 Å². The number of hydrogen-bond donors (Lipinski definition) is 0. The zero-order valence-corrected chi connectivity index (χ0v) is 7.73. The van der Waals surface area contributed by atoms with Crippen molar-refractivity contribution >= 4 is 35.3 Å². The first-order valence-corrected chi connectivity index (χ1v) is 7.81. The van der Waals surface area contributed by atoms with Crippen LogP contribution in [0.4, 0.5) is 0 Å². The van der Waals surface area contributed by atoms with Crippen molar-refractivity contribution in [3.05, 3.63) is 9.78 Å². The third-order valence-electron chi connectivity index (χ3n) is 0.704. The van der Waals surface area contributed by atoms with Gasteiger partial charge in [-0.2, -0.15) is 3.70 Å². The molecular formula is C4H7IMg. The van der Waals surface area contributed by atoms with Crippen LogP contribution in [-0.4, -0.2) is 16.5 Å². The van der Waals surface area contributed by atoms with Gasteiger partial charge in [-0.1, -0.05) is 6.92 Å². The molecular weight excluding hydrogens is 199 g/mol. The van der Waals surface area contributed by atoms with Gasteiger partial charge in [-0.25, -0.2) is 0 Å². The molecule has 0 unspecified atom stereocenters. The molecule has 0 spiro atoms. The second kappa shape index (κ2) is 4.40. The minimum atomic E-state index is 0.169. The lowest BCUT2D eigenvalue weighted by molar-refractivity contribution is 1.59. The smallest absolute Gasteiger partial charge is 0.291 e. The zero-order valence-electron chi connectivity index (χ0n) is 4.16. The van der Waals surface area contributed by atoms with Gasteiger partial charge in [-0.05, 0) is 6.92 Å². The number of allylic oxidation sites excluding steroid dienone is 2. The van der Waals surface area contributed by atoms with Crippen LogP contribution in [0.2, 0.25) is 0 Å². The molecule has 32 valence electrons.